The summed E-state index contributed by atoms with van der Waals surface area (Å²) >= 11 is 7.19. The van der Waals surface area contributed by atoms with Gasteiger partial charge in [0, 0.05) is 9.13 Å². The fourth-order valence-electron chi connectivity index (χ4n) is 1.71. The number of benzene rings is 2. The van der Waals surface area contributed by atoms with Crippen LogP contribution in [0.2, 0.25) is 0 Å². The van der Waals surface area contributed by atoms with Crippen molar-refractivity contribution < 1.29 is 14.7 Å². The largest absolute Gasteiger partial charge is 0.478 e. The number of hydrogen-bond acceptors (Lipinski definition) is 3. The van der Waals surface area contributed by atoms with Gasteiger partial charge in [0.05, 0.1) is 11.3 Å². The molecule has 2 aromatic rings. The molecule has 2 rings (SSSR count). The van der Waals surface area contributed by atoms with Crippen molar-refractivity contribution in [3.8, 4) is 0 Å². The predicted octanol–water partition coefficient (Wildman–Crippen LogP) is 3.12. The van der Waals surface area contributed by atoms with Crippen LogP contribution in [-0.4, -0.2) is 22.1 Å². The number of carboxylic acid groups (broad SMARTS) is 1. The number of carbonyl (C=O) groups is 2. The summed E-state index contributed by atoms with van der Waals surface area (Å²) in [6.45, 7) is 0. The highest BCUT2D eigenvalue weighted by Gasteiger charge is 2.12. The van der Waals surface area contributed by atoms with E-state index in [0.717, 1.165) is 3.57 Å². The van der Waals surface area contributed by atoms with Crippen molar-refractivity contribution >= 4 is 57.5 Å². The van der Waals surface area contributed by atoms with Gasteiger partial charge in [-0.3, -0.25) is 10.1 Å². The molecular weight excluding hydrogens is 415 g/mol. The Balaban J connectivity index is 2.06. The minimum absolute atomic E-state index is 0.0391. The first-order valence-electron chi connectivity index (χ1n) is 6.17. The summed E-state index contributed by atoms with van der Waals surface area (Å²) in [4.78, 5) is 23.1. The average Bonchev–Trinajstić information content (AvgIpc) is 2.48. The van der Waals surface area contributed by atoms with E-state index in [1.807, 2.05) is 12.1 Å². The maximum absolute atomic E-state index is 12.0. The van der Waals surface area contributed by atoms with Crippen molar-refractivity contribution in [2.45, 2.75) is 0 Å². The second kappa shape index (κ2) is 7.32. The summed E-state index contributed by atoms with van der Waals surface area (Å²) in [7, 11) is 0. The Morgan fingerprint density at radius 1 is 1.05 bits per heavy atom. The second-order valence-corrected chi connectivity index (χ2v) is 5.92. The summed E-state index contributed by atoms with van der Waals surface area (Å²) < 4.78 is 1.02. The fourth-order valence-corrected chi connectivity index (χ4v) is 2.27. The van der Waals surface area contributed by atoms with E-state index >= 15 is 0 Å². The SMILES string of the molecule is O=C(NC(=S)Nc1ccccc1C(=O)O)c1ccc(I)cc1. The first kappa shape index (κ1) is 16.4. The van der Waals surface area contributed by atoms with Gasteiger partial charge in [-0.1, -0.05) is 12.1 Å². The second-order valence-electron chi connectivity index (χ2n) is 4.27. The number of anilines is 1. The van der Waals surface area contributed by atoms with Crippen LogP contribution < -0.4 is 10.6 Å². The number of nitrogens with one attached hydrogen (secondary N) is 2. The molecule has 3 N–H and O–H groups in total. The molecule has 0 unspecified atom stereocenters. The van der Waals surface area contributed by atoms with Crippen LogP contribution in [0.3, 0.4) is 0 Å². The number of hydrogen-bond donors (Lipinski definition) is 3. The van der Waals surface area contributed by atoms with E-state index in [1.165, 1.54) is 6.07 Å². The van der Waals surface area contributed by atoms with Gasteiger partial charge in [-0.2, -0.15) is 0 Å². The zero-order valence-corrected chi connectivity index (χ0v) is 14.1. The van der Waals surface area contributed by atoms with Crippen molar-refractivity contribution in [1.29, 1.82) is 0 Å². The standard InChI is InChI=1S/C15H11IN2O3S/c16-10-7-5-9(6-8-10)13(19)18-15(22)17-12-4-2-1-3-11(12)14(20)21/h1-8H,(H,20,21)(H2,17,18,19,22). The highest BCUT2D eigenvalue weighted by atomic mass is 127. The zero-order chi connectivity index (χ0) is 16.1. The third-order valence-corrected chi connectivity index (χ3v) is 3.66. The van der Waals surface area contributed by atoms with Gasteiger partial charge in [0.15, 0.2) is 5.11 Å². The first-order valence-corrected chi connectivity index (χ1v) is 7.66. The van der Waals surface area contributed by atoms with E-state index in [4.69, 9.17) is 17.3 Å². The lowest BCUT2D eigenvalue weighted by molar-refractivity contribution is 0.0698. The molecule has 0 aliphatic rings. The number of carboxylic acids is 1. The van der Waals surface area contributed by atoms with E-state index < -0.39 is 5.97 Å². The molecule has 2 aromatic carbocycles. The van der Waals surface area contributed by atoms with Gasteiger partial charge >= 0.3 is 5.97 Å². The Morgan fingerprint density at radius 2 is 1.68 bits per heavy atom. The van der Waals surface area contributed by atoms with Crippen molar-refractivity contribution in [2.75, 3.05) is 5.32 Å². The number of amides is 1. The Kier molecular flexibility index (Phi) is 5.45. The number of para-hydroxylation sites is 1. The molecule has 22 heavy (non-hydrogen) atoms. The first-order chi connectivity index (χ1) is 10.5. The monoisotopic (exact) mass is 426 g/mol. The van der Waals surface area contributed by atoms with Crippen LogP contribution in [0.4, 0.5) is 5.69 Å². The summed E-state index contributed by atoms with van der Waals surface area (Å²) in [5, 5.41) is 14.4. The van der Waals surface area contributed by atoms with Crippen molar-refractivity contribution in [3.63, 3.8) is 0 Å². The minimum atomic E-state index is -1.07. The van der Waals surface area contributed by atoms with E-state index in [-0.39, 0.29) is 16.6 Å². The summed E-state index contributed by atoms with van der Waals surface area (Å²) in [5.74, 6) is -1.43. The van der Waals surface area contributed by atoms with E-state index in [2.05, 4.69) is 33.2 Å². The van der Waals surface area contributed by atoms with Crippen LogP contribution in [0.1, 0.15) is 20.7 Å². The van der Waals surface area contributed by atoms with Gasteiger partial charge < -0.3 is 10.4 Å². The molecule has 0 radical (unpaired) electrons. The molecule has 0 heterocycles. The number of rotatable bonds is 3. The molecule has 0 atom stereocenters. The molecule has 5 nitrogen and oxygen atoms in total. The fraction of sp³-hybridized carbons (Fsp3) is 0. The van der Waals surface area contributed by atoms with E-state index in [1.54, 1.807) is 30.3 Å². The lowest BCUT2D eigenvalue weighted by Gasteiger charge is -2.11. The van der Waals surface area contributed by atoms with Gasteiger partial charge in [0.2, 0.25) is 0 Å². The normalized spacial score (nSPS) is 9.86. The number of aromatic carboxylic acids is 1. The minimum Gasteiger partial charge on any atom is -0.478 e. The van der Waals surface area contributed by atoms with Crippen LogP contribution in [-0.2, 0) is 0 Å². The van der Waals surface area contributed by atoms with Crippen molar-refractivity contribution in [3.05, 3.63) is 63.2 Å². The Labute approximate surface area is 145 Å². The van der Waals surface area contributed by atoms with Gasteiger partial charge in [-0.05, 0) is 71.2 Å². The summed E-state index contributed by atoms with van der Waals surface area (Å²) in [5.41, 5.74) is 0.868. The van der Waals surface area contributed by atoms with Crippen LogP contribution in [0.5, 0.6) is 0 Å². The third kappa shape index (κ3) is 4.25. The number of halogens is 1. The van der Waals surface area contributed by atoms with Crippen LogP contribution in [0, 0.1) is 3.57 Å². The van der Waals surface area contributed by atoms with Crippen molar-refractivity contribution in [1.82, 2.24) is 5.32 Å². The highest BCUT2D eigenvalue weighted by Crippen LogP contribution is 2.14. The lowest BCUT2D eigenvalue weighted by Crippen LogP contribution is -2.34. The molecule has 0 saturated heterocycles. The smallest absolute Gasteiger partial charge is 0.337 e. The molecule has 0 aromatic heterocycles. The molecule has 1 amide bonds. The predicted molar refractivity (Wildman–Crippen MR) is 96.2 cm³/mol. The molecule has 0 fully saturated rings. The van der Waals surface area contributed by atoms with Gasteiger partial charge in [-0.25, -0.2) is 4.79 Å². The molecule has 7 heteroatoms. The van der Waals surface area contributed by atoms with Crippen molar-refractivity contribution in [2.24, 2.45) is 0 Å². The highest BCUT2D eigenvalue weighted by molar-refractivity contribution is 14.1. The molecule has 0 bridgehead atoms. The van der Waals surface area contributed by atoms with Crippen LogP contribution in [0.25, 0.3) is 0 Å². The Bertz CT molecular complexity index is 732. The molecule has 0 spiro atoms. The lowest BCUT2D eigenvalue weighted by atomic mass is 10.2. The average molecular weight is 426 g/mol. The number of carbonyl (C=O) groups excluding carboxylic acids is 1. The van der Waals surface area contributed by atoms with Gasteiger partial charge in [0.25, 0.3) is 5.91 Å². The Hall–Kier alpha value is -2.00. The quantitative estimate of drug-likeness (QED) is 0.520. The topological polar surface area (TPSA) is 78.4 Å². The third-order valence-electron chi connectivity index (χ3n) is 2.74. The van der Waals surface area contributed by atoms with Crippen LogP contribution in [0.15, 0.2) is 48.5 Å². The van der Waals surface area contributed by atoms with E-state index in [0.29, 0.717) is 11.3 Å². The molecule has 112 valence electrons. The molecule has 0 saturated carbocycles. The van der Waals surface area contributed by atoms with Crippen LogP contribution >= 0.6 is 34.8 Å². The number of thiocarbonyl (C=S) groups is 1. The Morgan fingerprint density at radius 3 is 2.32 bits per heavy atom. The molecular formula is C15H11IN2O3S. The zero-order valence-electron chi connectivity index (χ0n) is 11.2. The maximum Gasteiger partial charge on any atom is 0.337 e. The molecule has 0 aliphatic carbocycles. The van der Waals surface area contributed by atoms with E-state index in [9.17, 15) is 9.59 Å². The molecule has 0 aliphatic heterocycles. The summed E-state index contributed by atoms with van der Waals surface area (Å²) in [6.07, 6.45) is 0. The van der Waals surface area contributed by atoms with Gasteiger partial charge in [0.1, 0.15) is 0 Å². The summed E-state index contributed by atoms with van der Waals surface area (Å²) in [6, 6.07) is 13.3. The maximum atomic E-state index is 12.0. The van der Waals surface area contributed by atoms with Gasteiger partial charge in [-0.15, -0.1) is 0 Å².